The minimum Gasteiger partial charge on any atom is -0.343 e. The van der Waals surface area contributed by atoms with Gasteiger partial charge in [0.1, 0.15) is 11.2 Å². The van der Waals surface area contributed by atoms with E-state index in [-0.39, 0.29) is 17.9 Å². The monoisotopic (exact) mass is 450 g/mol. The molecular weight excluding hydrogens is 424 g/mol. The van der Waals surface area contributed by atoms with Crippen LogP contribution in [0.25, 0.3) is 10.9 Å². The van der Waals surface area contributed by atoms with Crippen LogP contribution in [0.5, 0.6) is 0 Å². The van der Waals surface area contributed by atoms with Gasteiger partial charge in [0.25, 0.3) is 0 Å². The number of hydrogen-bond acceptors (Lipinski definition) is 4. The number of aryl methyl sites for hydroxylation is 1. The molecule has 1 aliphatic heterocycles. The summed E-state index contributed by atoms with van der Waals surface area (Å²) in [6, 6.07) is 14.7. The van der Waals surface area contributed by atoms with Crippen molar-refractivity contribution in [3.8, 4) is 0 Å². The number of likely N-dealkylation sites (N-methyl/N-ethyl adjacent to an activating group) is 1. The van der Waals surface area contributed by atoms with Crippen LogP contribution in [-0.2, 0) is 22.6 Å². The van der Waals surface area contributed by atoms with Gasteiger partial charge in [-0.05, 0) is 62.6 Å². The molecule has 0 fully saturated rings. The highest BCUT2D eigenvalue weighted by Gasteiger charge is 2.32. The molecule has 4 rings (SSSR count). The average molecular weight is 451 g/mol. The van der Waals surface area contributed by atoms with Crippen LogP contribution >= 0.6 is 11.6 Å². The first-order chi connectivity index (χ1) is 15.4. The van der Waals surface area contributed by atoms with Crippen molar-refractivity contribution in [3.63, 3.8) is 0 Å². The molecule has 0 radical (unpaired) electrons. The lowest BCUT2D eigenvalue weighted by atomic mass is 10.0. The van der Waals surface area contributed by atoms with Gasteiger partial charge in [0.15, 0.2) is 0 Å². The first kappa shape index (κ1) is 22.2. The summed E-state index contributed by atoms with van der Waals surface area (Å²) < 4.78 is 0. The van der Waals surface area contributed by atoms with Gasteiger partial charge in [-0.25, -0.2) is 4.98 Å². The van der Waals surface area contributed by atoms with Gasteiger partial charge in [-0.15, -0.1) is 0 Å². The molecule has 2 heterocycles. The number of aromatic nitrogens is 1. The lowest BCUT2D eigenvalue weighted by molar-refractivity contribution is -0.128. The van der Waals surface area contributed by atoms with Crippen LogP contribution in [0.15, 0.2) is 48.5 Å². The van der Waals surface area contributed by atoms with Gasteiger partial charge in [-0.1, -0.05) is 48.0 Å². The molecule has 1 aromatic heterocycles. The maximum absolute atomic E-state index is 13.7. The second-order valence-electron chi connectivity index (χ2n) is 8.19. The number of carbonyl (C=O) groups is 2. The third kappa shape index (κ3) is 4.20. The zero-order valence-electron chi connectivity index (χ0n) is 18.5. The van der Waals surface area contributed by atoms with E-state index >= 15 is 0 Å². The number of para-hydroxylation sites is 2. The standard InChI is InChI=1S/C25H27ClN4O2/c1-15-19(18-9-5-6-10-20(18)28-23(15)26)14-30-22-11-7-4-8-17(22)12-13-21(25(30)32)29-24(31)16(2)27-3/h4-11,16,21,27H,12-14H2,1-3H3,(H,29,31)/t16-,21-/m0/s1. The van der Waals surface area contributed by atoms with Gasteiger partial charge < -0.3 is 15.5 Å². The van der Waals surface area contributed by atoms with E-state index in [4.69, 9.17) is 11.6 Å². The van der Waals surface area contributed by atoms with Crippen LogP contribution < -0.4 is 15.5 Å². The minimum atomic E-state index is -0.602. The maximum Gasteiger partial charge on any atom is 0.249 e. The summed E-state index contributed by atoms with van der Waals surface area (Å²) in [5.74, 6) is -0.312. The number of halogens is 1. The Hall–Kier alpha value is -2.96. The third-order valence-corrected chi connectivity index (χ3v) is 6.59. The fourth-order valence-corrected chi connectivity index (χ4v) is 4.35. The molecule has 0 spiro atoms. The van der Waals surface area contributed by atoms with Crippen LogP contribution in [-0.4, -0.2) is 35.9 Å². The molecule has 0 unspecified atom stereocenters. The first-order valence-corrected chi connectivity index (χ1v) is 11.2. The molecule has 1 aliphatic rings. The van der Waals surface area contributed by atoms with Gasteiger partial charge in [0.2, 0.25) is 11.8 Å². The second-order valence-corrected chi connectivity index (χ2v) is 8.54. The number of anilines is 1. The maximum atomic E-state index is 13.7. The molecular formula is C25H27ClN4O2. The van der Waals surface area contributed by atoms with Gasteiger partial charge in [0.05, 0.1) is 18.1 Å². The predicted octanol–water partition coefficient (Wildman–Crippen LogP) is 3.77. The van der Waals surface area contributed by atoms with Crippen LogP contribution in [0.2, 0.25) is 5.15 Å². The van der Waals surface area contributed by atoms with Crippen molar-refractivity contribution in [2.24, 2.45) is 0 Å². The molecule has 2 aromatic carbocycles. The van der Waals surface area contributed by atoms with E-state index in [1.807, 2.05) is 55.5 Å². The number of nitrogens with zero attached hydrogens (tertiary/aromatic N) is 2. The van der Waals surface area contributed by atoms with E-state index in [0.717, 1.165) is 33.3 Å². The molecule has 2 atom stereocenters. The topological polar surface area (TPSA) is 74.3 Å². The summed E-state index contributed by atoms with van der Waals surface area (Å²) in [5.41, 5.74) is 4.55. The van der Waals surface area contributed by atoms with Crippen molar-refractivity contribution in [2.45, 2.75) is 45.3 Å². The Labute approximate surface area is 193 Å². The Morgan fingerprint density at radius 3 is 2.72 bits per heavy atom. The lowest BCUT2D eigenvalue weighted by Gasteiger charge is -2.28. The Kier molecular flexibility index (Phi) is 6.44. The summed E-state index contributed by atoms with van der Waals surface area (Å²) in [6.45, 7) is 4.05. The van der Waals surface area contributed by atoms with Crippen molar-refractivity contribution in [1.82, 2.24) is 15.6 Å². The lowest BCUT2D eigenvalue weighted by Crippen LogP contribution is -2.52. The number of benzene rings is 2. The van der Waals surface area contributed by atoms with E-state index in [9.17, 15) is 9.59 Å². The van der Waals surface area contributed by atoms with Crippen LogP contribution in [0.1, 0.15) is 30.0 Å². The summed E-state index contributed by atoms with van der Waals surface area (Å²) >= 11 is 6.45. The van der Waals surface area contributed by atoms with E-state index in [1.165, 1.54) is 0 Å². The number of carbonyl (C=O) groups excluding carboxylic acids is 2. The van der Waals surface area contributed by atoms with Crippen molar-refractivity contribution in [2.75, 3.05) is 11.9 Å². The number of pyridine rings is 1. The molecule has 3 aromatic rings. The van der Waals surface area contributed by atoms with Crippen molar-refractivity contribution in [1.29, 1.82) is 0 Å². The molecule has 6 nitrogen and oxygen atoms in total. The Bertz CT molecular complexity index is 1180. The largest absolute Gasteiger partial charge is 0.343 e. The molecule has 7 heteroatoms. The van der Waals surface area contributed by atoms with Crippen molar-refractivity contribution in [3.05, 3.63) is 70.4 Å². The number of fused-ring (bicyclic) bond motifs is 2. The predicted molar refractivity (Wildman–Crippen MR) is 128 cm³/mol. The van der Waals surface area contributed by atoms with Crippen LogP contribution in [0.4, 0.5) is 5.69 Å². The third-order valence-electron chi connectivity index (χ3n) is 6.22. The van der Waals surface area contributed by atoms with Crippen LogP contribution in [0, 0.1) is 6.92 Å². The quantitative estimate of drug-likeness (QED) is 0.580. The van der Waals surface area contributed by atoms with Gasteiger partial charge in [-0.3, -0.25) is 9.59 Å². The van der Waals surface area contributed by atoms with E-state index in [0.29, 0.717) is 24.5 Å². The number of rotatable bonds is 5. The summed E-state index contributed by atoms with van der Waals surface area (Å²) in [5, 5.41) is 7.27. The number of hydrogen-bond donors (Lipinski definition) is 2. The summed E-state index contributed by atoms with van der Waals surface area (Å²) in [7, 11) is 1.72. The van der Waals surface area contributed by atoms with Gasteiger partial charge in [-0.2, -0.15) is 0 Å². The number of nitrogens with one attached hydrogen (secondary N) is 2. The summed E-state index contributed by atoms with van der Waals surface area (Å²) in [6.07, 6.45) is 1.25. The second kappa shape index (κ2) is 9.27. The summed E-state index contributed by atoms with van der Waals surface area (Å²) in [4.78, 5) is 32.5. The van der Waals surface area contributed by atoms with Gasteiger partial charge >= 0.3 is 0 Å². The van der Waals surface area contributed by atoms with Crippen molar-refractivity contribution < 1.29 is 9.59 Å². The highest BCUT2D eigenvalue weighted by molar-refractivity contribution is 6.30. The normalized spacial score (nSPS) is 17.1. The van der Waals surface area contributed by atoms with Crippen LogP contribution in [0.3, 0.4) is 0 Å². The fraction of sp³-hybridized carbons (Fsp3) is 0.320. The Morgan fingerprint density at radius 2 is 1.94 bits per heavy atom. The number of amides is 2. The van der Waals surface area contributed by atoms with Crippen molar-refractivity contribution >= 4 is 40.0 Å². The molecule has 32 heavy (non-hydrogen) atoms. The van der Waals surface area contributed by atoms with E-state index in [2.05, 4.69) is 15.6 Å². The van der Waals surface area contributed by atoms with E-state index < -0.39 is 6.04 Å². The molecule has 2 amide bonds. The van der Waals surface area contributed by atoms with Gasteiger partial charge in [0, 0.05) is 11.1 Å². The highest BCUT2D eigenvalue weighted by Crippen LogP contribution is 2.32. The molecule has 0 saturated heterocycles. The molecule has 0 saturated carbocycles. The fourth-order valence-electron chi connectivity index (χ4n) is 4.14. The smallest absolute Gasteiger partial charge is 0.249 e. The minimum absolute atomic E-state index is 0.122. The first-order valence-electron chi connectivity index (χ1n) is 10.8. The SMILES string of the molecule is CN[C@@H](C)C(=O)N[C@H]1CCc2ccccc2N(Cc2c(C)c(Cl)nc3ccccc23)C1=O. The van der Waals surface area contributed by atoms with E-state index in [1.54, 1.807) is 18.9 Å². The zero-order chi connectivity index (χ0) is 22.8. The molecule has 166 valence electrons. The molecule has 2 N–H and O–H groups in total. The Morgan fingerprint density at radius 1 is 1.22 bits per heavy atom. The molecule has 0 bridgehead atoms. The Balaban J connectivity index is 1.77. The zero-order valence-corrected chi connectivity index (χ0v) is 19.2. The molecule has 0 aliphatic carbocycles. The highest BCUT2D eigenvalue weighted by atomic mass is 35.5. The average Bonchev–Trinajstić information content (AvgIpc) is 2.93.